The topological polar surface area (TPSA) is 18.5 Å². The third-order valence-electron chi connectivity index (χ3n) is 6.42. The van der Waals surface area contributed by atoms with E-state index < -0.39 is 0 Å². The molecule has 0 N–H and O–H groups in total. The molecular formula is C34H46O2S3. The van der Waals surface area contributed by atoms with Gasteiger partial charge in [0.25, 0.3) is 0 Å². The maximum atomic E-state index is 6.23. The van der Waals surface area contributed by atoms with Gasteiger partial charge in [0.05, 0.1) is 0 Å². The van der Waals surface area contributed by atoms with E-state index >= 15 is 0 Å². The zero-order valence-corrected chi connectivity index (χ0v) is 27.6. The molecule has 0 bridgehead atoms. The van der Waals surface area contributed by atoms with Gasteiger partial charge >= 0.3 is 0 Å². The van der Waals surface area contributed by atoms with E-state index in [0.717, 1.165) is 72.3 Å². The lowest BCUT2D eigenvalue weighted by Gasteiger charge is -2.26. The first kappa shape index (κ1) is 33.3. The minimum Gasteiger partial charge on any atom is -0.450 e. The fourth-order valence-corrected chi connectivity index (χ4v) is 5.63. The van der Waals surface area contributed by atoms with Gasteiger partial charge in [0, 0.05) is 33.8 Å². The van der Waals surface area contributed by atoms with Crippen LogP contribution < -0.4 is 9.47 Å². The smallest absolute Gasteiger partial charge is 0.167 e. The molecule has 0 aliphatic heterocycles. The second-order valence-electron chi connectivity index (χ2n) is 12.1. The van der Waals surface area contributed by atoms with Gasteiger partial charge < -0.3 is 9.47 Å². The fourth-order valence-electron chi connectivity index (χ4n) is 4.13. The molecule has 0 aliphatic carbocycles. The Labute approximate surface area is 252 Å². The van der Waals surface area contributed by atoms with E-state index in [1.54, 1.807) is 11.8 Å². The van der Waals surface area contributed by atoms with Gasteiger partial charge in [-0.2, -0.15) is 0 Å². The third kappa shape index (κ3) is 10.2. The molecule has 5 heteroatoms. The van der Waals surface area contributed by atoms with Gasteiger partial charge in [-0.3, -0.25) is 0 Å². The summed E-state index contributed by atoms with van der Waals surface area (Å²) in [5.41, 5.74) is 4.44. The minimum atomic E-state index is -0.0975. The van der Waals surface area contributed by atoms with Crippen LogP contribution >= 0.6 is 36.2 Å². The molecule has 0 unspecified atom stereocenters. The quantitative estimate of drug-likeness (QED) is 0.140. The average Bonchev–Trinajstić information content (AvgIpc) is 2.81. The summed E-state index contributed by atoms with van der Waals surface area (Å²) in [5.74, 6) is 1.71. The van der Waals surface area contributed by atoms with Crippen molar-refractivity contribution >= 4 is 46.3 Å². The number of allylic oxidation sites excluding steroid dienone is 2. The molecular weight excluding hydrogens is 537 g/mol. The molecule has 0 aliphatic rings. The van der Waals surface area contributed by atoms with Crippen LogP contribution in [0.1, 0.15) is 102 Å². The third-order valence-corrected chi connectivity index (χ3v) is 8.31. The van der Waals surface area contributed by atoms with Crippen LogP contribution in [0.5, 0.6) is 11.5 Å². The molecule has 0 heterocycles. The van der Waals surface area contributed by atoms with Crippen molar-refractivity contribution in [1.29, 1.82) is 0 Å². The maximum absolute atomic E-state index is 6.23. The number of rotatable bonds is 12. The van der Waals surface area contributed by atoms with E-state index in [1.807, 2.05) is 12.2 Å². The Morgan fingerprint density at radius 1 is 0.718 bits per heavy atom. The Morgan fingerprint density at radius 2 is 1.08 bits per heavy atom. The lowest BCUT2D eigenvalue weighted by molar-refractivity contribution is 0.498. The minimum absolute atomic E-state index is 0.0975. The number of aryl methyl sites for hydroxylation is 2. The van der Waals surface area contributed by atoms with Crippen molar-refractivity contribution in [2.45, 2.75) is 115 Å². The first-order valence-corrected chi connectivity index (χ1v) is 15.4. The van der Waals surface area contributed by atoms with Crippen LogP contribution in [0, 0.1) is 13.8 Å². The maximum Gasteiger partial charge on any atom is 0.167 e. The molecule has 0 saturated heterocycles. The zero-order chi connectivity index (χ0) is 29.4. The molecule has 2 nitrogen and oxygen atoms in total. The lowest BCUT2D eigenvalue weighted by Crippen LogP contribution is -2.16. The number of hydrogen-bond donors (Lipinski definition) is 0. The van der Waals surface area contributed by atoms with Crippen LogP contribution in [-0.4, -0.2) is 10.1 Å². The first-order valence-electron chi connectivity index (χ1n) is 13.8. The highest BCUT2D eigenvalue weighted by atomic mass is 32.2. The van der Waals surface area contributed by atoms with Gasteiger partial charge in [-0.25, -0.2) is 0 Å². The number of ether oxygens (including phenoxy) is 2. The molecule has 0 radical (unpaired) electrons. The lowest BCUT2D eigenvalue weighted by atomic mass is 9.85. The van der Waals surface area contributed by atoms with Crippen LogP contribution in [-0.2, 0) is 10.8 Å². The van der Waals surface area contributed by atoms with Crippen molar-refractivity contribution in [1.82, 2.24) is 0 Å². The molecule has 0 fully saturated rings. The molecule has 0 atom stereocenters. The van der Waals surface area contributed by atoms with Gasteiger partial charge in [-0.1, -0.05) is 65.5 Å². The normalized spacial score (nSPS) is 11.7. The van der Waals surface area contributed by atoms with Crippen molar-refractivity contribution in [3.63, 3.8) is 0 Å². The second-order valence-corrected chi connectivity index (χ2v) is 14.1. The van der Waals surface area contributed by atoms with E-state index in [-0.39, 0.29) is 10.8 Å². The monoisotopic (exact) mass is 582 g/mol. The van der Waals surface area contributed by atoms with Gasteiger partial charge in [0.1, 0.15) is 11.5 Å². The number of unbranched alkanes of at least 4 members (excludes halogenated alkanes) is 2. The van der Waals surface area contributed by atoms with Gasteiger partial charge in [-0.05, 0) is 110 Å². The molecule has 0 aromatic heterocycles. The Balaban J connectivity index is 2.43. The SMILES string of the molecule is C=CCCCC(=S)Oc1cc(C)c(Sc2cc(C(C)(C)C)c(OC(=S)CCCC=C)cc2C)cc1C(C)(C)C. The van der Waals surface area contributed by atoms with Crippen LogP contribution in [0.15, 0.2) is 59.4 Å². The highest BCUT2D eigenvalue weighted by Crippen LogP contribution is 2.43. The standard InChI is InChI=1S/C34H46O2S3/c1-11-13-15-17-31(37)35-27-19-23(3)29(21-25(27)33(5,6)7)39-30-22-26(34(8,9)10)28(20-24(30)4)36-32(38)18-16-14-12-2/h11-12,19-22H,1-2,13-18H2,3-10H3. The van der Waals surface area contributed by atoms with Gasteiger partial charge in [-0.15, -0.1) is 13.2 Å². The molecule has 212 valence electrons. The number of hydrogen-bond acceptors (Lipinski definition) is 5. The van der Waals surface area contributed by atoms with Crippen LogP contribution in [0.2, 0.25) is 0 Å². The summed E-state index contributed by atoms with van der Waals surface area (Å²) in [6.07, 6.45) is 9.12. The Kier molecular flexibility index (Phi) is 12.5. The summed E-state index contributed by atoms with van der Waals surface area (Å²) in [7, 11) is 0. The molecule has 0 spiro atoms. The van der Waals surface area contributed by atoms with E-state index in [1.165, 1.54) is 9.79 Å². The fraction of sp³-hybridized carbons (Fsp3) is 0.471. The first-order chi connectivity index (χ1) is 18.2. The number of thiocarbonyl (C=S) groups is 2. The van der Waals surface area contributed by atoms with Crippen molar-refractivity contribution in [2.24, 2.45) is 0 Å². The predicted molar refractivity (Wildman–Crippen MR) is 178 cm³/mol. The van der Waals surface area contributed by atoms with Crippen LogP contribution in [0.3, 0.4) is 0 Å². The van der Waals surface area contributed by atoms with Crippen molar-refractivity contribution in [3.8, 4) is 11.5 Å². The van der Waals surface area contributed by atoms with Crippen LogP contribution in [0.4, 0.5) is 0 Å². The van der Waals surface area contributed by atoms with E-state index in [4.69, 9.17) is 33.9 Å². The average molecular weight is 583 g/mol. The summed E-state index contributed by atoms with van der Waals surface area (Å²) in [4.78, 5) is 2.42. The molecule has 0 saturated carbocycles. The highest BCUT2D eigenvalue weighted by Gasteiger charge is 2.25. The Bertz CT molecular complexity index is 1100. The molecule has 2 rings (SSSR count). The molecule has 2 aromatic rings. The van der Waals surface area contributed by atoms with Crippen molar-refractivity contribution in [2.75, 3.05) is 0 Å². The summed E-state index contributed by atoms with van der Waals surface area (Å²) in [6, 6.07) is 8.83. The molecule has 2 aromatic carbocycles. The summed E-state index contributed by atoms with van der Waals surface area (Å²) >= 11 is 12.9. The van der Waals surface area contributed by atoms with Crippen molar-refractivity contribution < 1.29 is 9.47 Å². The van der Waals surface area contributed by atoms with Crippen molar-refractivity contribution in [3.05, 3.63) is 71.8 Å². The summed E-state index contributed by atoms with van der Waals surface area (Å²) < 4.78 is 12.5. The number of benzene rings is 2. The predicted octanol–water partition coefficient (Wildman–Crippen LogP) is 11.2. The Hall–Kier alpha value is -1.95. The zero-order valence-electron chi connectivity index (χ0n) is 25.2. The molecule has 0 amide bonds. The largest absolute Gasteiger partial charge is 0.450 e. The van der Waals surface area contributed by atoms with E-state index in [9.17, 15) is 0 Å². The van der Waals surface area contributed by atoms with Gasteiger partial charge in [0.15, 0.2) is 10.1 Å². The van der Waals surface area contributed by atoms with Crippen LogP contribution in [0.25, 0.3) is 0 Å². The summed E-state index contributed by atoms with van der Waals surface area (Å²) in [5, 5.41) is 1.26. The second kappa shape index (κ2) is 14.6. The van der Waals surface area contributed by atoms with E-state index in [2.05, 4.69) is 92.8 Å². The van der Waals surface area contributed by atoms with Gasteiger partial charge in [0.2, 0.25) is 0 Å². The summed E-state index contributed by atoms with van der Waals surface area (Å²) in [6.45, 7) is 25.2. The Morgan fingerprint density at radius 3 is 1.38 bits per heavy atom. The molecule has 39 heavy (non-hydrogen) atoms. The highest BCUT2D eigenvalue weighted by molar-refractivity contribution is 7.99. The van der Waals surface area contributed by atoms with E-state index in [0.29, 0.717) is 10.1 Å².